The number of benzene rings is 3. The van der Waals surface area contributed by atoms with Crippen molar-refractivity contribution in [3.63, 3.8) is 0 Å². The lowest BCUT2D eigenvalue weighted by Gasteiger charge is -2.06. The van der Waals surface area contributed by atoms with E-state index in [2.05, 4.69) is 10.4 Å². The number of para-hydroxylation sites is 1. The number of carbonyl (C=O) groups is 1. The van der Waals surface area contributed by atoms with Gasteiger partial charge < -0.3 is 5.32 Å². The Hall–Kier alpha value is -4.33. The highest BCUT2D eigenvalue weighted by Gasteiger charge is 2.15. The molecule has 0 bridgehead atoms. The van der Waals surface area contributed by atoms with Gasteiger partial charge >= 0.3 is 0 Å². The molecule has 31 heavy (non-hydrogen) atoms. The molecule has 3 aromatic carbocycles. The molecule has 0 unspecified atom stereocenters. The van der Waals surface area contributed by atoms with E-state index in [0.29, 0.717) is 11.3 Å². The first-order valence-corrected chi connectivity index (χ1v) is 9.44. The zero-order valence-electron chi connectivity index (χ0n) is 16.2. The van der Waals surface area contributed by atoms with Crippen molar-refractivity contribution in [2.45, 2.75) is 6.54 Å². The monoisotopic (exact) mass is 416 g/mol. The second kappa shape index (κ2) is 8.58. The molecule has 0 aliphatic carbocycles. The lowest BCUT2D eigenvalue weighted by molar-refractivity contribution is -0.384. The molecule has 4 aromatic rings. The Kier molecular flexibility index (Phi) is 5.53. The summed E-state index contributed by atoms with van der Waals surface area (Å²) < 4.78 is 15.1. The number of amides is 1. The van der Waals surface area contributed by atoms with Gasteiger partial charge in [-0.3, -0.25) is 14.9 Å². The van der Waals surface area contributed by atoms with E-state index in [1.807, 2.05) is 36.5 Å². The number of nitro benzene ring substituents is 1. The fourth-order valence-electron chi connectivity index (χ4n) is 3.11. The van der Waals surface area contributed by atoms with Crippen LogP contribution in [0, 0.1) is 15.9 Å². The Morgan fingerprint density at radius 2 is 1.68 bits per heavy atom. The van der Waals surface area contributed by atoms with Gasteiger partial charge in [0.2, 0.25) is 0 Å². The normalized spacial score (nSPS) is 10.6. The lowest BCUT2D eigenvalue weighted by atomic mass is 10.1. The molecular formula is C23H17FN4O3. The highest BCUT2D eigenvalue weighted by atomic mass is 19.1. The van der Waals surface area contributed by atoms with Crippen LogP contribution in [0.15, 0.2) is 85.1 Å². The Balaban J connectivity index is 1.60. The van der Waals surface area contributed by atoms with E-state index < -0.39 is 4.92 Å². The lowest BCUT2D eigenvalue weighted by Crippen LogP contribution is -2.22. The molecule has 4 rings (SSSR count). The second-order valence-electron chi connectivity index (χ2n) is 6.78. The number of nitrogens with zero attached hydrogens (tertiary/aromatic N) is 3. The maximum absolute atomic E-state index is 13.4. The van der Waals surface area contributed by atoms with E-state index in [9.17, 15) is 19.3 Å². The van der Waals surface area contributed by atoms with Crippen molar-refractivity contribution >= 4 is 11.6 Å². The van der Waals surface area contributed by atoms with Crippen LogP contribution in [0.5, 0.6) is 0 Å². The molecule has 0 fully saturated rings. The molecule has 1 heterocycles. The van der Waals surface area contributed by atoms with E-state index >= 15 is 0 Å². The Morgan fingerprint density at radius 3 is 2.32 bits per heavy atom. The molecule has 8 heteroatoms. The SMILES string of the molecule is O=C(NCc1cn(-c2ccccc2)nc1-c1ccc(F)cc1)c1ccc([N+](=O)[O-])cc1. The predicted octanol–water partition coefficient (Wildman–Crippen LogP) is 4.52. The molecule has 0 saturated carbocycles. The fourth-order valence-corrected chi connectivity index (χ4v) is 3.11. The van der Waals surface area contributed by atoms with Gasteiger partial charge in [-0.25, -0.2) is 9.07 Å². The Bertz CT molecular complexity index is 1220. The van der Waals surface area contributed by atoms with Gasteiger partial charge in [-0.1, -0.05) is 18.2 Å². The number of hydrogen-bond acceptors (Lipinski definition) is 4. The summed E-state index contributed by atoms with van der Waals surface area (Å²) in [5.74, 6) is -0.716. The fraction of sp³-hybridized carbons (Fsp3) is 0.0435. The number of carbonyl (C=O) groups excluding carboxylic acids is 1. The van der Waals surface area contributed by atoms with Crippen LogP contribution in [0.4, 0.5) is 10.1 Å². The molecule has 0 atom stereocenters. The Morgan fingerprint density at radius 1 is 1.00 bits per heavy atom. The molecular weight excluding hydrogens is 399 g/mol. The maximum Gasteiger partial charge on any atom is 0.269 e. The van der Waals surface area contributed by atoms with Crippen LogP contribution >= 0.6 is 0 Å². The molecule has 1 amide bonds. The first kappa shape index (κ1) is 20.0. The van der Waals surface area contributed by atoms with Crippen LogP contribution in [0.25, 0.3) is 16.9 Å². The van der Waals surface area contributed by atoms with Crippen molar-refractivity contribution in [3.05, 3.63) is 112 Å². The van der Waals surface area contributed by atoms with E-state index in [-0.39, 0.29) is 24.0 Å². The van der Waals surface area contributed by atoms with Crippen molar-refractivity contribution in [2.24, 2.45) is 0 Å². The second-order valence-corrected chi connectivity index (χ2v) is 6.78. The third-order valence-electron chi connectivity index (χ3n) is 4.71. The highest BCUT2D eigenvalue weighted by molar-refractivity contribution is 5.94. The van der Waals surface area contributed by atoms with Gasteiger partial charge in [0.25, 0.3) is 11.6 Å². The van der Waals surface area contributed by atoms with Gasteiger partial charge in [-0.2, -0.15) is 5.10 Å². The number of rotatable bonds is 6. The third kappa shape index (κ3) is 4.48. The number of nitrogens with one attached hydrogen (secondary N) is 1. The first-order valence-electron chi connectivity index (χ1n) is 9.44. The molecule has 0 spiro atoms. The highest BCUT2D eigenvalue weighted by Crippen LogP contribution is 2.24. The van der Waals surface area contributed by atoms with Crippen molar-refractivity contribution in [2.75, 3.05) is 0 Å². The predicted molar refractivity (Wildman–Crippen MR) is 113 cm³/mol. The summed E-state index contributed by atoms with van der Waals surface area (Å²) in [4.78, 5) is 22.8. The number of aromatic nitrogens is 2. The van der Waals surface area contributed by atoms with Crippen LogP contribution in [-0.2, 0) is 6.54 Å². The standard InChI is InChI=1S/C23H17FN4O3/c24-19-10-6-16(7-11-19)22-18(15-27(26-22)20-4-2-1-3-5-20)14-25-23(29)17-8-12-21(13-9-17)28(30)31/h1-13,15H,14H2,(H,25,29). The first-order chi connectivity index (χ1) is 15.0. The average Bonchev–Trinajstić information content (AvgIpc) is 3.23. The van der Waals surface area contributed by atoms with Crippen molar-refractivity contribution in [1.82, 2.24) is 15.1 Å². The van der Waals surface area contributed by atoms with Crippen LogP contribution in [0.1, 0.15) is 15.9 Å². The molecule has 154 valence electrons. The van der Waals surface area contributed by atoms with Crippen LogP contribution in [0.2, 0.25) is 0 Å². The van der Waals surface area contributed by atoms with Gasteiger partial charge in [0, 0.05) is 41.6 Å². The number of nitro groups is 1. The van der Waals surface area contributed by atoms with Crippen molar-refractivity contribution < 1.29 is 14.1 Å². The summed E-state index contributed by atoms with van der Waals surface area (Å²) in [5, 5.41) is 18.2. The van der Waals surface area contributed by atoms with Gasteiger partial charge in [-0.15, -0.1) is 0 Å². The van der Waals surface area contributed by atoms with Crippen molar-refractivity contribution in [1.29, 1.82) is 0 Å². The van der Waals surface area contributed by atoms with E-state index in [0.717, 1.165) is 16.8 Å². The molecule has 7 nitrogen and oxygen atoms in total. The van der Waals surface area contributed by atoms with Gasteiger partial charge in [-0.05, 0) is 48.5 Å². The van der Waals surface area contributed by atoms with Crippen LogP contribution in [0.3, 0.4) is 0 Å². The quantitative estimate of drug-likeness (QED) is 0.370. The van der Waals surface area contributed by atoms with Gasteiger partial charge in [0.05, 0.1) is 16.3 Å². The number of hydrogen-bond donors (Lipinski definition) is 1. The Labute approximate surface area is 176 Å². The molecule has 0 aliphatic heterocycles. The van der Waals surface area contributed by atoms with Gasteiger partial charge in [0.1, 0.15) is 5.82 Å². The molecule has 1 aromatic heterocycles. The third-order valence-corrected chi connectivity index (χ3v) is 4.71. The van der Waals surface area contributed by atoms with E-state index in [1.54, 1.807) is 16.8 Å². The summed E-state index contributed by atoms with van der Waals surface area (Å²) in [6.45, 7) is 0.176. The van der Waals surface area contributed by atoms with E-state index in [4.69, 9.17) is 0 Å². The average molecular weight is 416 g/mol. The summed E-state index contributed by atoms with van der Waals surface area (Å²) in [6, 6.07) is 20.9. The minimum Gasteiger partial charge on any atom is -0.348 e. The topological polar surface area (TPSA) is 90.1 Å². The van der Waals surface area contributed by atoms with Crippen molar-refractivity contribution in [3.8, 4) is 16.9 Å². The summed E-state index contributed by atoms with van der Waals surface area (Å²) in [7, 11) is 0. The zero-order chi connectivity index (χ0) is 21.8. The smallest absolute Gasteiger partial charge is 0.269 e. The van der Waals surface area contributed by atoms with E-state index in [1.165, 1.54) is 36.4 Å². The molecule has 0 radical (unpaired) electrons. The number of halogens is 1. The number of non-ortho nitro benzene ring substituents is 1. The minimum absolute atomic E-state index is 0.0840. The summed E-state index contributed by atoms with van der Waals surface area (Å²) in [5.41, 5.74) is 3.15. The summed E-state index contributed by atoms with van der Waals surface area (Å²) in [6.07, 6.45) is 1.81. The van der Waals surface area contributed by atoms with Crippen LogP contribution in [-0.4, -0.2) is 20.6 Å². The maximum atomic E-state index is 13.4. The molecule has 0 saturated heterocycles. The minimum atomic E-state index is -0.519. The summed E-state index contributed by atoms with van der Waals surface area (Å²) >= 11 is 0. The van der Waals surface area contributed by atoms with Crippen LogP contribution < -0.4 is 5.32 Å². The zero-order valence-corrected chi connectivity index (χ0v) is 16.2. The molecule has 0 aliphatic rings. The molecule has 1 N–H and O–H groups in total. The van der Waals surface area contributed by atoms with Gasteiger partial charge in [0.15, 0.2) is 0 Å². The largest absolute Gasteiger partial charge is 0.348 e.